The molecule has 2 aliphatic rings. The van der Waals surface area contributed by atoms with Crippen LogP contribution in [0.1, 0.15) is 31.2 Å². The van der Waals surface area contributed by atoms with Gasteiger partial charge in [-0.05, 0) is 17.8 Å². The Morgan fingerprint density at radius 2 is 1.78 bits per heavy atom. The van der Waals surface area contributed by atoms with Gasteiger partial charge in [0, 0.05) is 0 Å². The normalized spacial score (nSPS) is 15.3. The third-order valence-corrected chi connectivity index (χ3v) is 6.76. The second-order valence-corrected chi connectivity index (χ2v) is 8.34. The fraction of sp³-hybridized carbons (Fsp3) is 0.200. The van der Waals surface area contributed by atoms with E-state index in [-0.39, 0.29) is 26.2 Å². The summed E-state index contributed by atoms with van der Waals surface area (Å²) < 4.78 is 0. The van der Waals surface area contributed by atoms with Crippen molar-refractivity contribution >= 4 is 30.0 Å². The van der Waals surface area contributed by atoms with E-state index in [1.807, 2.05) is 0 Å². The molecular formula is C25H25PZr. The van der Waals surface area contributed by atoms with Gasteiger partial charge in [-0.25, -0.2) is 0 Å². The molecule has 0 aliphatic heterocycles. The number of hydrogen-bond donors (Lipinski definition) is 0. The molecule has 3 aromatic rings. The van der Waals surface area contributed by atoms with Gasteiger partial charge in [-0.1, -0.05) is 56.0 Å². The standard InChI is InChI=1S/C16H14P.C9H11.Zr/c1-12-6-2-5-9-15(12)17-16-11-10-13-7-3-4-8-14(13)16;1-2-5-9-7-3-6-8(9)4-1;/h2-11,17H,1H3;1,4,6H,2-3,5,7H2;/q2*-1;+2. The van der Waals surface area contributed by atoms with Crippen LogP contribution in [0.2, 0.25) is 0 Å². The molecule has 3 aromatic carbocycles. The van der Waals surface area contributed by atoms with Crippen molar-refractivity contribution in [2.45, 2.75) is 32.6 Å². The van der Waals surface area contributed by atoms with Crippen LogP contribution < -0.4 is 10.6 Å². The second kappa shape index (κ2) is 9.77. The maximum Gasteiger partial charge on any atom is 2.00 e. The van der Waals surface area contributed by atoms with Crippen molar-refractivity contribution in [3.8, 4) is 0 Å². The molecule has 0 fully saturated rings. The summed E-state index contributed by atoms with van der Waals surface area (Å²) in [6.45, 7) is 2.19. The summed E-state index contributed by atoms with van der Waals surface area (Å²) in [6.07, 6.45) is 12.1. The van der Waals surface area contributed by atoms with Crippen molar-refractivity contribution in [1.29, 1.82) is 0 Å². The van der Waals surface area contributed by atoms with Crippen LogP contribution in [-0.2, 0) is 26.2 Å². The van der Waals surface area contributed by atoms with Gasteiger partial charge in [-0.2, -0.15) is 29.7 Å². The predicted molar refractivity (Wildman–Crippen MR) is 117 cm³/mol. The van der Waals surface area contributed by atoms with Gasteiger partial charge in [0.2, 0.25) is 0 Å². The first-order valence-electron chi connectivity index (χ1n) is 9.50. The number of aryl methyl sites for hydroxylation is 1. The molecule has 0 nitrogen and oxygen atoms in total. The molecule has 5 rings (SSSR count). The Kier molecular flexibility index (Phi) is 7.40. The molecule has 0 N–H and O–H groups in total. The van der Waals surface area contributed by atoms with E-state index in [2.05, 4.69) is 86.2 Å². The van der Waals surface area contributed by atoms with Gasteiger partial charge in [0.15, 0.2) is 0 Å². The predicted octanol–water partition coefficient (Wildman–Crippen LogP) is 6.13. The number of fused-ring (bicyclic) bond motifs is 1. The number of allylic oxidation sites excluding steroid dienone is 4. The Bertz CT molecular complexity index is 961. The van der Waals surface area contributed by atoms with Crippen molar-refractivity contribution in [2.24, 2.45) is 0 Å². The smallest absolute Gasteiger partial charge is 0.193 e. The fourth-order valence-corrected chi connectivity index (χ4v) is 5.01. The van der Waals surface area contributed by atoms with Crippen LogP contribution in [0.4, 0.5) is 0 Å². The SMILES string of the molecule is C1=CC2=C(CC1)CC[CH-]2.Cc1ccccc1P[c-]1ccc2ccccc21.[Zr+2]. The Labute approximate surface area is 184 Å². The Morgan fingerprint density at radius 1 is 0.963 bits per heavy atom. The molecule has 0 saturated carbocycles. The van der Waals surface area contributed by atoms with E-state index in [4.69, 9.17) is 0 Å². The molecule has 1 unspecified atom stereocenters. The summed E-state index contributed by atoms with van der Waals surface area (Å²) in [6, 6.07) is 21.7. The van der Waals surface area contributed by atoms with Gasteiger partial charge in [-0.15, -0.1) is 55.0 Å². The van der Waals surface area contributed by atoms with Crippen LogP contribution in [0.3, 0.4) is 0 Å². The molecule has 0 saturated heterocycles. The van der Waals surface area contributed by atoms with Gasteiger partial charge >= 0.3 is 26.2 Å². The first-order chi connectivity index (χ1) is 12.8. The van der Waals surface area contributed by atoms with E-state index in [1.54, 1.807) is 5.57 Å². The Balaban J connectivity index is 0.000000178. The van der Waals surface area contributed by atoms with E-state index in [0.717, 1.165) is 8.58 Å². The van der Waals surface area contributed by atoms with E-state index in [9.17, 15) is 0 Å². The molecule has 0 radical (unpaired) electrons. The van der Waals surface area contributed by atoms with Crippen molar-refractivity contribution in [3.63, 3.8) is 0 Å². The van der Waals surface area contributed by atoms with Crippen LogP contribution in [0, 0.1) is 13.3 Å². The topological polar surface area (TPSA) is 0 Å². The zero-order valence-corrected chi connectivity index (χ0v) is 19.3. The zero-order chi connectivity index (χ0) is 17.8. The first-order valence-corrected chi connectivity index (χ1v) is 10.5. The van der Waals surface area contributed by atoms with Gasteiger partial charge in [0.05, 0.1) is 0 Å². The third kappa shape index (κ3) is 4.96. The van der Waals surface area contributed by atoms with E-state index in [0.29, 0.717) is 0 Å². The van der Waals surface area contributed by atoms with Gasteiger partial charge < -0.3 is 0 Å². The minimum absolute atomic E-state index is 0. The monoisotopic (exact) mass is 446 g/mol. The Morgan fingerprint density at radius 3 is 2.63 bits per heavy atom. The van der Waals surface area contributed by atoms with Crippen molar-refractivity contribution in [2.75, 3.05) is 0 Å². The number of benzene rings is 2. The third-order valence-electron chi connectivity index (χ3n) is 5.22. The molecule has 0 bridgehead atoms. The number of rotatable bonds is 2. The summed E-state index contributed by atoms with van der Waals surface area (Å²) in [5.74, 6) is 0. The summed E-state index contributed by atoms with van der Waals surface area (Å²) in [7, 11) is 0.754. The largest absolute Gasteiger partial charge is 2.00 e. The first kappa shape index (κ1) is 20.4. The summed E-state index contributed by atoms with van der Waals surface area (Å²) in [5.41, 5.74) is 4.61. The van der Waals surface area contributed by atoms with Crippen LogP contribution in [0.15, 0.2) is 84.0 Å². The average Bonchev–Trinajstić information content (AvgIpc) is 3.31. The van der Waals surface area contributed by atoms with E-state index in [1.165, 1.54) is 58.2 Å². The van der Waals surface area contributed by atoms with Crippen molar-refractivity contribution in [1.82, 2.24) is 0 Å². The zero-order valence-electron chi connectivity index (χ0n) is 15.8. The van der Waals surface area contributed by atoms with Crippen LogP contribution in [0.5, 0.6) is 0 Å². The molecule has 27 heavy (non-hydrogen) atoms. The minimum atomic E-state index is 0. The quantitative estimate of drug-likeness (QED) is 0.328. The van der Waals surface area contributed by atoms with Gasteiger partial charge in [-0.3, -0.25) is 0 Å². The molecule has 0 heterocycles. The van der Waals surface area contributed by atoms with Crippen molar-refractivity contribution < 1.29 is 26.2 Å². The van der Waals surface area contributed by atoms with Gasteiger partial charge in [0.25, 0.3) is 0 Å². The summed E-state index contributed by atoms with van der Waals surface area (Å²) in [4.78, 5) is 0. The van der Waals surface area contributed by atoms with Gasteiger partial charge in [0.1, 0.15) is 0 Å². The van der Waals surface area contributed by atoms with E-state index < -0.39 is 0 Å². The molecule has 2 aliphatic carbocycles. The molecule has 0 aromatic heterocycles. The molecule has 2 heteroatoms. The molecule has 0 spiro atoms. The van der Waals surface area contributed by atoms with E-state index >= 15 is 0 Å². The van der Waals surface area contributed by atoms with Crippen LogP contribution >= 0.6 is 8.58 Å². The maximum absolute atomic E-state index is 2.35. The summed E-state index contributed by atoms with van der Waals surface area (Å²) >= 11 is 0. The summed E-state index contributed by atoms with van der Waals surface area (Å²) in [5, 5.41) is 5.65. The maximum atomic E-state index is 2.35. The molecular weight excluding hydrogens is 422 g/mol. The minimum Gasteiger partial charge on any atom is -0.193 e. The number of hydrogen-bond acceptors (Lipinski definition) is 0. The Hall–Kier alpha value is -1.29. The molecule has 134 valence electrons. The molecule has 0 amide bonds. The van der Waals surface area contributed by atoms with Crippen LogP contribution in [-0.4, -0.2) is 0 Å². The fourth-order valence-electron chi connectivity index (χ4n) is 3.73. The van der Waals surface area contributed by atoms with Crippen LogP contribution in [0.25, 0.3) is 10.8 Å². The average molecular weight is 448 g/mol. The molecule has 1 atom stereocenters. The van der Waals surface area contributed by atoms with Crippen molar-refractivity contribution in [3.05, 3.63) is 95.9 Å². The second-order valence-electron chi connectivity index (χ2n) is 7.02.